The van der Waals surface area contributed by atoms with E-state index in [9.17, 15) is 0 Å². The molecule has 0 aliphatic rings. The molecule has 0 aromatic heterocycles. The molecule has 2 rings (SSSR count). The fraction of sp³-hybridized carbons (Fsp3) is 0.421. The second-order valence-corrected chi connectivity index (χ2v) is 21.6. The van der Waals surface area contributed by atoms with Crippen LogP contribution in [-0.2, 0) is 70.6 Å². The largest absolute Gasteiger partial charge is 0 e. The van der Waals surface area contributed by atoms with Crippen molar-refractivity contribution in [1.82, 2.24) is 0 Å². The first kappa shape index (κ1) is 64.2. The van der Waals surface area contributed by atoms with Crippen molar-refractivity contribution in [3.63, 3.8) is 0 Å². The summed E-state index contributed by atoms with van der Waals surface area (Å²) in [5.74, 6) is 0. The van der Waals surface area contributed by atoms with Crippen molar-refractivity contribution in [3.05, 3.63) is 125 Å². The Morgan fingerprint density at radius 1 is 0.765 bits per heavy atom. The van der Waals surface area contributed by atoms with Crippen LogP contribution in [0.3, 0.4) is 0 Å². The summed E-state index contributed by atoms with van der Waals surface area (Å²) in [7, 11) is -4.23. The van der Waals surface area contributed by atoms with Gasteiger partial charge in [0.2, 0.25) is 0 Å². The molecule has 0 fully saturated rings. The van der Waals surface area contributed by atoms with Crippen molar-refractivity contribution in [2.24, 2.45) is 0 Å². The molecule has 0 N–H and O–H groups in total. The number of benzene rings is 2. The fourth-order valence-corrected chi connectivity index (χ4v) is 10.4. The van der Waals surface area contributed by atoms with Crippen LogP contribution in [0.5, 0.6) is 0 Å². The van der Waals surface area contributed by atoms with Crippen LogP contribution < -0.4 is 10.4 Å². The van der Waals surface area contributed by atoms with Gasteiger partial charge < -0.3 is 9.16 Å². The normalized spacial score (nSPS) is 11.5. The van der Waals surface area contributed by atoms with Crippen molar-refractivity contribution < 1.29 is 70.6 Å². The first-order chi connectivity index (χ1) is 23.5. The number of halogens is 1. The first-order valence-corrected chi connectivity index (χ1v) is 21.4. The molecular weight excluding hydrogens is 838 g/mol. The van der Waals surface area contributed by atoms with Gasteiger partial charge in [0.1, 0.15) is 0 Å². The smallest absolute Gasteiger partial charge is 0 e. The number of ether oxygens (including phenoxy) is 1. The first-order valence-electron chi connectivity index (χ1n) is 14.8. The molecule has 0 spiro atoms. The molecule has 1 unspecified atom stereocenters. The van der Waals surface area contributed by atoms with E-state index in [4.69, 9.17) is 37.1 Å². The molecule has 51 heavy (non-hydrogen) atoms. The summed E-state index contributed by atoms with van der Waals surface area (Å²) in [5.41, 5.74) is 3.55. The number of alkyl halides is 1. The SMILES string of the molecule is C=CC[C@@H](O[Si](c1ccccc1)(c1ccccc1)C(C)(C)C)[C@@H](CC)OC([C]=[C][Si](C)(C)C)CCCBr.[C-]#[O+].[C-]#[O+].[C-]#[O+].[C-]#[O+].[C-]#[O+].[C-]#[O+].[Co].[Co]. The summed E-state index contributed by atoms with van der Waals surface area (Å²) < 4.78 is 59.3. The van der Waals surface area contributed by atoms with Crippen LogP contribution in [0.4, 0.5) is 0 Å². The van der Waals surface area contributed by atoms with E-state index < -0.39 is 16.4 Å². The van der Waals surface area contributed by atoms with E-state index in [0.29, 0.717) is 0 Å². The maximum atomic E-state index is 7.51. The Labute approximate surface area is 338 Å². The fourth-order valence-electron chi connectivity index (χ4n) is 4.75. The van der Waals surface area contributed by atoms with Crippen LogP contribution >= 0.6 is 15.9 Å². The van der Waals surface area contributed by atoms with E-state index in [-0.39, 0.29) is 56.9 Å². The monoisotopic (exact) mass is 884 g/mol. The third-order valence-corrected chi connectivity index (χ3v) is 13.0. The van der Waals surface area contributed by atoms with Crippen LogP contribution in [0.25, 0.3) is 0 Å². The van der Waals surface area contributed by atoms with Gasteiger partial charge in [-0.15, -0.1) is 6.58 Å². The summed E-state index contributed by atoms with van der Waals surface area (Å²) in [6.07, 6.45) is 8.75. The average molecular weight is 886 g/mol. The van der Waals surface area contributed by atoms with Crippen LogP contribution in [0.1, 0.15) is 53.4 Å². The second kappa shape index (κ2) is 41.0. The van der Waals surface area contributed by atoms with E-state index in [1.54, 1.807) is 0 Å². The minimum atomic E-state index is -2.72. The Morgan fingerprint density at radius 3 is 1.45 bits per heavy atom. The zero-order valence-electron chi connectivity index (χ0n) is 30.1. The van der Waals surface area contributed by atoms with Gasteiger partial charge in [0.15, 0.2) is 0 Å². The molecule has 13 heteroatoms. The standard InChI is InChI=1S/C32H47BrO2Si2.6CO.2Co/c1-9-18-31(30(10-2)34-27(19-17-25-33)24-26-36(6,7)8)35-37(32(3,4)5,28-20-13-11-14-21-28)29-22-15-12-16-23-29;6*1-2;;/h9,11-16,20-23,27,30-31H,1,10,17-19,25H2,2-8H3;;;;;;;;/t27?,30-,31-;;;;;;;;/m1......../s1. The third kappa shape index (κ3) is 25.8. The van der Waals surface area contributed by atoms with Crippen LogP contribution in [0.15, 0.2) is 73.3 Å². The Bertz CT molecular complexity index is 1150. The van der Waals surface area contributed by atoms with Gasteiger partial charge in [0.25, 0.3) is 8.32 Å². The van der Waals surface area contributed by atoms with Gasteiger partial charge in [-0.1, -0.05) is 136 Å². The topological polar surface area (TPSA) is 138 Å². The maximum Gasteiger partial charge on any atom is 0 e. The van der Waals surface area contributed by atoms with Crippen LogP contribution in [0.2, 0.25) is 24.7 Å². The molecular formula is C38H47BrCo2O8Si2. The van der Waals surface area contributed by atoms with Crippen molar-refractivity contribution in [2.45, 2.75) is 96.4 Å². The number of hydrogen-bond donors (Lipinski definition) is 0. The predicted molar refractivity (Wildman–Crippen MR) is 193 cm³/mol. The van der Waals surface area contributed by atoms with Gasteiger partial charge in [-0.05, 0) is 47.2 Å². The van der Waals surface area contributed by atoms with Gasteiger partial charge in [0, 0.05) is 38.9 Å². The van der Waals surface area contributed by atoms with Crippen molar-refractivity contribution in [2.75, 3.05) is 5.33 Å². The Morgan fingerprint density at radius 2 is 1.16 bits per heavy atom. The van der Waals surface area contributed by atoms with Crippen molar-refractivity contribution in [1.29, 1.82) is 0 Å². The molecule has 2 aromatic rings. The number of hydrogen-bond acceptors (Lipinski definition) is 2. The van der Waals surface area contributed by atoms with Crippen LogP contribution in [-0.4, -0.2) is 40.0 Å². The van der Waals surface area contributed by atoms with E-state index in [1.165, 1.54) is 10.4 Å². The molecule has 0 bridgehead atoms. The molecule has 0 saturated heterocycles. The molecule has 8 nitrogen and oxygen atoms in total. The Kier molecular flexibility index (Phi) is 51.6. The zero-order chi connectivity index (χ0) is 39.5. The van der Waals surface area contributed by atoms with Gasteiger partial charge in [0.05, 0.1) is 26.4 Å². The van der Waals surface area contributed by atoms with E-state index in [0.717, 1.165) is 31.0 Å². The minimum absolute atomic E-state index is 0. The van der Waals surface area contributed by atoms with Gasteiger partial charge >= 0.3 is 67.8 Å². The molecule has 0 heterocycles. The third-order valence-electron chi connectivity index (χ3n) is 6.51. The Balaban J connectivity index is -0.000000250. The van der Waals surface area contributed by atoms with Gasteiger partial charge in [-0.25, -0.2) is 0 Å². The molecule has 3 atom stereocenters. The van der Waals surface area contributed by atoms with Gasteiger partial charge in [-0.3, -0.25) is 0 Å². The minimum Gasteiger partial charge on any atom is 0 e. The summed E-state index contributed by atoms with van der Waals surface area (Å²) in [6, 6.07) is 21.7. The molecule has 280 valence electrons. The predicted octanol–water partition coefficient (Wildman–Crippen LogP) is 7.66. The summed E-state index contributed by atoms with van der Waals surface area (Å²) >= 11 is 3.59. The summed E-state index contributed by atoms with van der Waals surface area (Å²) in [5, 5.41) is 3.42. The quantitative estimate of drug-likeness (QED) is 0.0597. The summed E-state index contributed by atoms with van der Waals surface area (Å²) in [4.78, 5) is 0. The van der Waals surface area contributed by atoms with E-state index in [1.807, 2.05) is 6.08 Å². The molecule has 0 aliphatic carbocycles. The van der Waals surface area contributed by atoms with Gasteiger partial charge in [-0.2, -0.15) is 0 Å². The molecule has 0 amide bonds. The molecule has 0 saturated carbocycles. The van der Waals surface area contributed by atoms with E-state index >= 15 is 0 Å². The molecule has 0 aliphatic heterocycles. The Hall–Kier alpha value is -1.79. The molecule has 2 aromatic carbocycles. The second-order valence-electron chi connectivity index (χ2n) is 11.8. The van der Waals surface area contributed by atoms with Crippen LogP contribution in [0, 0.1) is 51.7 Å². The zero-order valence-corrected chi connectivity index (χ0v) is 35.8. The summed E-state index contributed by atoms with van der Waals surface area (Å²) in [6.45, 7) is 47.1. The average Bonchev–Trinajstić information content (AvgIpc) is 3.15. The van der Waals surface area contributed by atoms with E-state index in [2.05, 4.69) is 182 Å². The molecule has 4 radical (unpaired) electrons. The van der Waals surface area contributed by atoms with Crippen molar-refractivity contribution in [3.8, 4) is 0 Å². The van der Waals surface area contributed by atoms with Crippen molar-refractivity contribution >= 4 is 42.7 Å². The number of rotatable bonds is 15. The maximum absolute atomic E-state index is 7.51.